The van der Waals surface area contributed by atoms with E-state index >= 15 is 0 Å². The van der Waals surface area contributed by atoms with Crippen molar-refractivity contribution in [3.05, 3.63) is 64.7 Å². The van der Waals surface area contributed by atoms with E-state index in [9.17, 15) is 14.7 Å². The van der Waals surface area contributed by atoms with Crippen LogP contribution in [0.15, 0.2) is 42.5 Å². The Morgan fingerprint density at radius 1 is 0.958 bits per heavy atom. The highest BCUT2D eigenvalue weighted by atomic mass is 16.5. The second-order valence-electron chi connectivity index (χ2n) is 5.95. The van der Waals surface area contributed by atoms with E-state index in [1.54, 1.807) is 24.3 Å². The van der Waals surface area contributed by atoms with Crippen LogP contribution in [0, 0.1) is 13.8 Å². The summed E-state index contributed by atoms with van der Waals surface area (Å²) in [6.45, 7) is 3.79. The first-order valence-electron chi connectivity index (χ1n) is 7.81. The van der Waals surface area contributed by atoms with E-state index in [0.29, 0.717) is 11.1 Å². The maximum atomic E-state index is 12.3. The molecule has 0 saturated heterocycles. The van der Waals surface area contributed by atoms with Crippen molar-refractivity contribution >= 4 is 11.8 Å². The number of rotatable bonds is 5. The van der Waals surface area contributed by atoms with Crippen molar-refractivity contribution in [3.63, 3.8) is 0 Å². The van der Waals surface area contributed by atoms with Crippen molar-refractivity contribution < 1.29 is 19.4 Å². The van der Waals surface area contributed by atoms with Crippen molar-refractivity contribution in [1.82, 2.24) is 4.90 Å². The van der Waals surface area contributed by atoms with Crippen LogP contribution >= 0.6 is 0 Å². The molecule has 0 aromatic heterocycles. The number of aliphatic hydroxyl groups excluding tert-OH is 1. The van der Waals surface area contributed by atoms with E-state index in [4.69, 9.17) is 4.74 Å². The molecule has 0 fully saturated rings. The molecule has 2 aromatic rings. The van der Waals surface area contributed by atoms with Crippen molar-refractivity contribution in [2.75, 3.05) is 13.2 Å². The number of amides is 2. The summed E-state index contributed by atoms with van der Waals surface area (Å²) in [6, 6.07) is 12.5. The number of para-hydroxylation sites is 1. The van der Waals surface area contributed by atoms with Crippen molar-refractivity contribution in [2.45, 2.75) is 20.0 Å². The van der Waals surface area contributed by atoms with Gasteiger partial charge in [0.15, 0.2) is 0 Å². The fraction of sp³-hybridized carbons (Fsp3) is 0.263. The molecular formula is C19H19NO4. The van der Waals surface area contributed by atoms with Gasteiger partial charge < -0.3 is 9.84 Å². The van der Waals surface area contributed by atoms with Gasteiger partial charge in [-0.1, -0.05) is 30.3 Å². The molecule has 1 atom stereocenters. The summed E-state index contributed by atoms with van der Waals surface area (Å²) in [7, 11) is 0. The Bertz CT molecular complexity index is 744. The van der Waals surface area contributed by atoms with Gasteiger partial charge in [0.05, 0.1) is 17.7 Å². The molecule has 0 saturated carbocycles. The van der Waals surface area contributed by atoms with Crippen molar-refractivity contribution in [3.8, 4) is 5.75 Å². The van der Waals surface area contributed by atoms with E-state index in [-0.39, 0.29) is 25.0 Å². The van der Waals surface area contributed by atoms with Gasteiger partial charge >= 0.3 is 0 Å². The lowest BCUT2D eigenvalue weighted by Crippen LogP contribution is -2.39. The predicted molar refractivity (Wildman–Crippen MR) is 89.2 cm³/mol. The highest BCUT2D eigenvalue weighted by Gasteiger charge is 2.36. The molecule has 1 aliphatic heterocycles. The third-order valence-electron chi connectivity index (χ3n) is 4.10. The number of aryl methyl sites for hydroxylation is 2. The van der Waals surface area contributed by atoms with E-state index < -0.39 is 6.10 Å². The quantitative estimate of drug-likeness (QED) is 0.857. The summed E-state index contributed by atoms with van der Waals surface area (Å²) in [6.07, 6.45) is -0.953. The molecule has 3 rings (SSSR count). The molecule has 0 aliphatic carbocycles. The first-order valence-corrected chi connectivity index (χ1v) is 7.81. The standard InChI is InChI=1S/C19H19NO4/c1-12-6-5-7-13(2)17(12)24-11-14(21)10-20-18(22)15-8-3-4-9-16(15)19(20)23/h3-9,14,21H,10-11H2,1-2H3. The molecule has 1 heterocycles. The molecule has 1 unspecified atom stereocenters. The molecular weight excluding hydrogens is 306 g/mol. The fourth-order valence-electron chi connectivity index (χ4n) is 2.87. The molecule has 2 aromatic carbocycles. The number of hydrogen-bond acceptors (Lipinski definition) is 4. The molecule has 0 bridgehead atoms. The maximum Gasteiger partial charge on any atom is 0.261 e. The number of nitrogens with zero attached hydrogens (tertiary/aromatic N) is 1. The summed E-state index contributed by atoms with van der Waals surface area (Å²) in [5.41, 5.74) is 2.71. The van der Waals surface area contributed by atoms with E-state index in [2.05, 4.69) is 0 Å². The van der Waals surface area contributed by atoms with Crippen LogP contribution in [-0.4, -0.2) is 41.1 Å². The lowest BCUT2D eigenvalue weighted by molar-refractivity contribution is 0.0455. The Morgan fingerprint density at radius 3 is 2.04 bits per heavy atom. The molecule has 0 spiro atoms. The Hall–Kier alpha value is -2.66. The summed E-state index contributed by atoms with van der Waals surface area (Å²) < 4.78 is 5.69. The maximum absolute atomic E-state index is 12.3. The second kappa shape index (κ2) is 6.45. The number of imide groups is 1. The van der Waals surface area contributed by atoms with Crippen LogP contribution in [0.1, 0.15) is 31.8 Å². The lowest BCUT2D eigenvalue weighted by atomic mass is 10.1. The number of ether oxygens (including phenoxy) is 1. The number of fused-ring (bicyclic) bond motifs is 1. The van der Waals surface area contributed by atoms with E-state index in [1.807, 2.05) is 32.0 Å². The second-order valence-corrected chi connectivity index (χ2v) is 5.95. The molecule has 0 radical (unpaired) electrons. The van der Waals surface area contributed by atoms with Crippen LogP contribution in [-0.2, 0) is 0 Å². The zero-order valence-corrected chi connectivity index (χ0v) is 13.7. The van der Waals surface area contributed by atoms with Crippen molar-refractivity contribution in [2.24, 2.45) is 0 Å². The number of β-amino-alcohol motifs (C(OH)–C–C–N with tert-alkyl or cyclic N) is 1. The zero-order chi connectivity index (χ0) is 17.3. The summed E-state index contributed by atoms with van der Waals surface area (Å²) in [5, 5.41) is 10.2. The average Bonchev–Trinajstić information content (AvgIpc) is 2.80. The number of aliphatic hydroxyl groups is 1. The fourth-order valence-corrected chi connectivity index (χ4v) is 2.87. The van der Waals surface area contributed by atoms with Crippen LogP contribution in [0.2, 0.25) is 0 Å². The third-order valence-corrected chi connectivity index (χ3v) is 4.10. The normalized spacial score (nSPS) is 14.7. The predicted octanol–water partition coefficient (Wildman–Crippen LogP) is 2.34. The largest absolute Gasteiger partial charge is 0.490 e. The van der Waals surface area contributed by atoms with Gasteiger partial charge in [-0.15, -0.1) is 0 Å². The van der Waals surface area contributed by atoms with Crippen molar-refractivity contribution in [1.29, 1.82) is 0 Å². The molecule has 24 heavy (non-hydrogen) atoms. The van der Waals surface area contributed by atoms with Gasteiger partial charge in [-0.25, -0.2) is 0 Å². The molecule has 2 amide bonds. The molecule has 5 heteroatoms. The van der Waals surface area contributed by atoms with Gasteiger partial charge in [-0.3, -0.25) is 14.5 Å². The van der Waals surface area contributed by atoms with Crippen LogP contribution < -0.4 is 4.74 Å². The monoisotopic (exact) mass is 325 g/mol. The summed E-state index contributed by atoms with van der Waals surface area (Å²) in [5.74, 6) is -0.0256. The highest BCUT2D eigenvalue weighted by molar-refractivity contribution is 6.21. The minimum atomic E-state index is -0.953. The molecule has 5 nitrogen and oxygen atoms in total. The van der Waals surface area contributed by atoms with Crippen LogP contribution in [0.4, 0.5) is 0 Å². The Morgan fingerprint density at radius 2 is 1.50 bits per heavy atom. The van der Waals surface area contributed by atoms with Gasteiger partial charge in [-0.05, 0) is 37.1 Å². The molecule has 1 N–H and O–H groups in total. The SMILES string of the molecule is Cc1cccc(C)c1OCC(O)CN1C(=O)c2ccccc2C1=O. The Kier molecular flexibility index (Phi) is 4.36. The van der Waals surface area contributed by atoms with Gasteiger partial charge in [-0.2, -0.15) is 0 Å². The Labute approximate surface area is 140 Å². The van der Waals surface area contributed by atoms with Gasteiger partial charge in [0.2, 0.25) is 0 Å². The van der Waals surface area contributed by atoms with E-state index in [0.717, 1.165) is 21.8 Å². The molecule has 1 aliphatic rings. The number of benzene rings is 2. The Balaban J connectivity index is 1.65. The summed E-state index contributed by atoms with van der Waals surface area (Å²) >= 11 is 0. The summed E-state index contributed by atoms with van der Waals surface area (Å²) in [4.78, 5) is 25.6. The smallest absolute Gasteiger partial charge is 0.261 e. The van der Waals surface area contributed by atoms with Crippen LogP contribution in [0.3, 0.4) is 0 Å². The number of carbonyl (C=O) groups excluding carboxylic acids is 2. The number of carbonyl (C=O) groups is 2. The topological polar surface area (TPSA) is 66.8 Å². The average molecular weight is 325 g/mol. The van der Waals surface area contributed by atoms with Gasteiger partial charge in [0, 0.05) is 0 Å². The lowest BCUT2D eigenvalue weighted by Gasteiger charge is -2.20. The van der Waals surface area contributed by atoms with Gasteiger partial charge in [0.25, 0.3) is 11.8 Å². The highest BCUT2D eigenvalue weighted by Crippen LogP contribution is 2.24. The third kappa shape index (κ3) is 2.90. The minimum Gasteiger partial charge on any atom is -0.490 e. The number of hydrogen-bond donors (Lipinski definition) is 1. The first kappa shape index (κ1) is 16.2. The molecule has 124 valence electrons. The zero-order valence-electron chi connectivity index (χ0n) is 13.7. The van der Waals surface area contributed by atoms with Gasteiger partial charge in [0.1, 0.15) is 18.5 Å². The van der Waals surface area contributed by atoms with E-state index in [1.165, 1.54) is 0 Å². The minimum absolute atomic E-state index is 0.0130. The van der Waals surface area contributed by atoms with Crippen LogP contribution in [0.25, 0.3) is 0 Å². The van der Waals surface area contributed by atoms with Crippen LogP contribution in [0.5, 0.6) is 5.75 Å². The first-order chi connectivity index (χ1) is 11.5.